The van der Waals surface area contributed by atoms with E-state index in [1.165, 1.54) is 6.07 Å². The molecule has 2 aromatic rings. The topological polar surface area (TPSA) is 24.0 Å². The van der Waals surface area contributed by atoms with Crippen molar-refractivity contribution in [3.05, 3.63) is 27.7 Å². The van der Waals surface area contributed by atoms with Crippen LogP contribution in [0.25, 0.3) is 11.0 Å². The van der Waals surface area contributed by atoms with Crippen LogP contribution >= 0.6 is 23.8 Å². The van der Waals surface area contributed by atoms with Crippen molar-refractivity contribution in [2.45, 2.75) is 26.8 Å². The minimum absolute atomic E-state index is 0.113. The molecule has 0 saturated heterocycles. The van der Waals surface area contributed by atoms with Gasteiger partial charge in [0.2, 0.25) is 0 Å². The van der Waals surface area contributed by atoms with Crippen LogP contribution in [-0.2, 0) is 6.54 Å². The van der Waals surface area contributed by atoms with Crippen LogP contribution < -0.4 is 0 Å². The summed E-state index contributed by atoms with van der Waals surface area (Å²) >= 11 is 11.1. The highest BCUT2D eigenvalue weighted by molar-refractivity contribution is 7.71. The van der Waals surface area contributed by atoms with E-state index in [0.29, 0.717) is 4.77 Å². The van der Waals surface area contributed by atoms with E-state index >= 15 is 0 Å². The molecule has 0 saturated carbocycles. The maximum absolute atomic E-state index is 13.6. The highest BCUT2D eigenvalue weighted by atomic mass is 35.5. The highest BCUT2D eigenvalue weighted by Gasteiger charge is 2.10. The third-order valence-corrected chi connectivity index (χ3v) is 4.06. The van der Waals surface area contributed by atoms with Gasteiger partial charge >= 0.3 is 0 Å². The molecule has 20 heavy (non-hydrogen) atoms. The predicted octanol–water partition coefficient (Wildman–Crippen LogP) is 4.22. The van der Waals surface area contributed by atoms with Crippen LogP contribution in [0.15, 0.2) is 12.1 Å². The van der Waals surface area contributed by atoms with Crippen LogP contribution in [-0.4, -0.2) is 34.1 Å². The lowest BCUT2D eigenvalue weighted by molar-refractivity contribution is 0.277. The van der Waals surface area contributed by atoms with E-state index in [1.807, 2.05) is 4.57 Å². The standard InChI is InChI=1S/C14H19ClFN3S/c1-3-5-18(4-2)6-7-19-13-9-11(16)10(15)8-12(13)17-14(19)20/h8-9H,3-7H2,1-2H3,(H,17,20). The van der Waals surface area contributed by atoms with Crippen molar-refractivity contribution < 1.29 is 4.39 Å². The number of nitrogens with one attached hydrogen (secondary N) is 1. The average Bonchev–Trinajstić information content (AvgIpc) is 2.70. The lowest BCUT2D eigenvalue weighted by Gasteiger charge is -2.19. The first-order valence-corrected chi connectivity index (χ1v) is 7.65. The fourth-order valence-corrected chi connectivity index (χ4v) is 2.82. The van der Waals surface area contributed by atoms with Crippen LogP contribution in [0.1, 0.15) is 20.3 Å². The lowest BCUT2D eigenvalue weighted by atomic mass is 10.3. The van der Waals surface area contributed by atoms with Gasteiger partial charge in [0.25, 0.3) is 0 Å². The number of hydrogen-bond donors (Lipinski definition) is 1. The Bertz CT molecular complexity index is 650. The molecule has 0 spiro atoms. The Hall–Kier alpha value is -0.910. The fourth-order valence-electron chi connectivity index (χ4n) is 2.36. The molecule has 0 unspecified atom stereocenters. The van der Waals surface area contributed by atoms with Crippen LogP contribution in [0.2, 0.25) is 5.02 Å². The quantitative estimate of drug-likeness (QED) is 0.807. The van der Waals surface area contributed by atoms with Gasteiger partial charge in [-0.2, -0.15) is 0 Å². The molecule has 0 aliphatic rings. The number of H-pyrrole nitrogens is 1. The Morgan fingerprint density at radius 1 is 1.35 bits per heavy atom. The summed E-state index contributed by atoms with van der Waals surface area (Å²) in [6.07, 6.45) is 1.12. The first kappa shape index (κ1) is 15.5. The smallest absolute Gasteiger partial charge is 0.178 e. The maximum Gasteiger partial charge on any atom is 0.178 e. The highest BCUT2D eigenvalue weighted by Crippen LogP contribution is 2.22. The Morgan fingerprint density at radius 2 is 2.10 bits per heavy atom. The maximum atomic E-state index is 13.6. The number of aromatic nitrogens is 2. The van der Waals surface area contributed by atoms with Crippen molar-refractivity contribution in [1.29, 1.82) is 0 Å². The minimum atomic E-state index is -0.414. The summed E-state index contributed by atoms with van der Waals surface area (Å²) in [7, 11) is 0. The Morgan fingerprint density at radius 3 is 2.75 bits per heavy atom. The number of nitrogens with zero attached hydrogens (tertiary/aromatic N) is 2. The number of hydrogen-bond acceptors (Lipinski definition) is 2. The molecule has 1 aromatic heterocycles. The van der Waals surface area contributed by atoms with E-state index in [9.17, 15) is 4.39 Å². The number of likely N-dealkylation sites (N-methyl/N-ethyl adjacent to an activating group) is 1. The summed E-state index contributed by atoms with van der Waals surface area (Å²) in [4.78, 5) is 5.43. The van der Waals surface area contributed by atoms with Crippen molar-refractivity contribution in [2.24, 2.45) is 0 Å². The second kappa shape index (κ2) is 6.70. The molecule has 0 fully saturated rings. The largest absolute Gasteiger partial charge is 0.331 e. The molecular formula is C14H19ClFN3S. The number of aromatic amines is 1. The Labute approximate surface area is 128 Å². The monoisotopic (exact) mass is 315 g/mol. The van der Waals surface area contributed by atoms with E-state index in [0.717, 1.165) is 43.6 Å². The molecule has 0 amide bonds. The molecule has 2 rings (SSSR count). The second-order valence-electron chi connectivity index (χ2n) is 4.80. The summed E-state index contributed by atoms with van der Waals surface area (Å²) < 4.78 is 16.2. The van der Waals surface area contributed by atoms with E-state index < -0.39 is 5.82 Å². The summed E-state index contributed by atoms with van der Waals surface area (Å²) in [6.45, 7) is 8.01. The molecule has 6 heteroatoms. The SMILES string of the molecule is CCCN(CC)CCn1c(=S)[nH]c2cc(Cl)c(F)cc21. The summed E-state index contributed by atoms with van der Waals surface area (Å²) in [5.41, 5.74) is 1.55. The number of benzene rings is 1. The van der Waals surface area contributed by atoms with Crippen LogP contribution in [0.3, 0.4) is 0 Å². The molecule has 0 aliphatic carbocycles. The van der Waals surface area contributed by atoms with Gasteiger partial charge in [-0.1, -0.05) is 25.4 Å². The predicted molar refractivity (Wildman–Crippen MR) is 84.5 cm³/mol. The molecular weight excluding hydrogens is 297 g/mol. The summed E-state index contributed by atoms with van der Waals surface area (Å²) in [5.74, 6) is -0.414. The average molecular weight is 316 g/mol. The van der Waals surface area contributed by atoms with E-state index in [1.54, 1.807) is 6.07 Å². The minimum Gasteiger partial charge on any atom is -0.331 e. The molecule has 1 aromatic carbocycles. The van der Waals surface area contributed by atoms with E-state index in [4.69, 9.17) is 23.8 Å². The zero-order valence-electron chi connectivity index (χ0n) is 11.7. The molecule has 1 N–H and O–H groups in total. The molecule has 0 atom stereocenters. The Kier molecular flexibility index (Phi) is 5.18. The molecule has 110 valence electrons. The van der Waals surface area contributed by atoms with Crippen molar-refractivity contribution in [3.63, 3.8) is 0 Å². The Balaban J connectivity index is 2.27. The van der Waals surface area contributed by atoms with Gasteiger partial charge in [0.05, 0.1) is 16.1 Å². The molecule has 0 radical (unpaired) electrons. The van der Waals surface area contributed by atoms with Crippen molar-refractivity contribution in [2.75, 3.05) is 19.6 Å². The first-order chi connectivity index (χ1) is 9.56. The van der Waals surface area contributed by atoms with Gasteiger partial charge in [-0.15, -0.1) is 0 Å². The molecule has 3 nitrogen and oxygen atoms in total. The van der Waals surface area contributed by atoms with Gasteiger partial charge in [-0.25, -0.2) is 4.39 Å². The number of halogens is 2. The summed E-state index contributed by atoms with van der Waals surface area (Å²) in [6, 6.07) is 3.03. The van der Waals surface area contributed by atoms with Gasteiger partial charge in [-0.05, 0) is 37.8 Å². The van der Waals surface area contributed by atoms with Crippen molar-refractivity contribution in [3.8, 4) is 0 Å². The third-order valence-electron chi connectivity index (χ3n) is 3.44. The van der Waals surface area contributed by atoms with Crippen molar-refractivity contribution >= 4 is 34.9 Å². The van der Waals surface area contributed by atoms with Gasteiger partial charge in [0.15, 0.2) is 4.77 Å². The summed E-state index contributed by atoms with van der Waals surface area (Å²) in [5, 5.41) is 0.113. The zero-order chi connectivity index (χ0) is 14.7. The molecule has 1 heterocycles. The van der Waals surface area contributed by atoms with E-state index in [-0.39, 0.29) is 5.02 Å². The van der Waals surface area contributed by atoms with Crippen LogP contribution in [0.4, 0.5) is 4.39 Å². The third kappa shape index (κ3) is 3.22. The normalized spacial score (nSPS) is 11.7. The number of rotatable bonds is 6. The zero-order valence-corrected chi connectivity index (χ0v) is 13.3. The van der Waals surface area contributed by atoms with Gasteiger partial charge in [0, 0.05) is 19.2 Å². The van der Waals surface area contributed by atoms with Gasteiger partial charge < -0.3 is 14.5 Å². The number of fused-ring (bicyclic) bond motifs is 1. The van der Waals surface area contributed by atoms with E-state index in [2.05, 4.69) is 23.7 Å². The molecule has 0 aliphatic heterocycles. The number of imidazole rings is 1. The molecule has 0 bridgehead atoms. The van der Waals surface area contributed by atoms with Crippen LogP contribution in [0.5, 0.6) is 0 Å². The van der Waals surface area contributed by atoms with Gasteiger partial charge in [0.1, 0.15) is 5.82 Å². The van der Waals surface area contributed by atoms with Gasteiger partial charge in [-0.3, -0.25) is 0 Å². The van der Waals surface area contributed by atoms with Crippen LogP contribution in [0, 0.1) is 10.6 Å². The first-order valence-electron chi connectivity index (χ1n) is 6.86. The second-order valence-corrected chi connectivity index (χ2v) is 5.59. The lowest BCUT2D eigenvalue weighted by Crippen LogP contribution is -2.28. The van der Waals surface area contributed by atoms with Crippen molar-refractivity contribution in [1.82, 2.24) is 14.5 Å². The fraction of sp³-hybridized carbons (Fsp3) is 0.500.